The quantitative estimate of drug-likeness (QED) is 0.559. The summed E-state index contributed by atoms with van der Waals surface area (Å²) in [5, 5.41) is 21.1. The maximum absolute atomic E-state index is 12.0. The normalized spacial score (nSPS) is 11.9. The third kappa shape index (κ3) is 4.11. The molecule has 10 heteroatoms. The highest BCUT2D eigenvalue weighted by atomic mass is 16.7. The van der Waals surface area contributed by atoms with E-state index in [1.165, 1.54) is 0 Å². The van der Waals surface area contributed by atoms with E-state index in [2.05, 4.69) is 31.2 Å². The van der Waals surface area contributed by atoms with Gasteiger partial charge in [0.25, 0.3) is 0 Å². The van der Waals surface area contributed by atoms with Crippen LogP contribution in [0.25, 0.3) is 5.82 Å². The Morgan fingerprint density at radius 1 is 1.11 bits per heavy atom. The number of ether oxygens (including phenoxy) is 2. The molecule has 0 atom stereocenters. The summed E-state index contributed by atoms with van der Waals surface area (Å²) in [7, 11) is 0. The molecule has 1 aliphatic heterocycles. The summed E-state index contributed by atoms with van der Waals surface area (Å²) >= 11 is 0. The van der Waals surface area contributed by atoms with Crippen molar-refractivity contribution in [3.8, 4) is 17.3 Å². The molecule has 2 aromatic heterocycles. The van der Waals surface area contributed by atoms with E-state index in [0.717, 1.165) is 5.69 Å². The van der Waals surface area contributed by atoms with Crippen LogP contribution in [0, 0.1) is 6.92 Å². The lowest BCUT2D eigenvalue weighted by Gasteiger charge is -2.09. The highest BCUT2D eigenvalue weighted by Gasteiger charge is 2.13. The van der Waals surface area contributed by atoms with Gasteiger partial charge in [-0.25, -0.2) is 9.48 Å². The number of anilines is 2. The zero-order valence-electron chi connectivity index (χ0n) is 15.2. The van der Waals surface area contributed by atoms with E-state index in [4.69, 9.17) is 9.47 Å². The molecule has 2 amide bonds. The fraction of sp³-hybridized carbons (Fsp3) is 0.222. The molecule has 3 N–H and O–H groups in total. The van der Waals surface area contributed by atoms with Gasteiger partial charge < -0.3 is 25.4 Å². The fourth-order valence-electron chi connectivity index (χ4n) is 2.60. The highest BCUT2D eigenvalue weighted by molar-refractivity contribution is 5.89. The molecular formula is C18H19N7O3. The molecule has 0 spiro atoms. The molecule has 0 bridgehead atoms. The molecule has 4 rings (SSSR count). The molecule has 1 aromatic carbocycles. The molecule has 1 aliphatic rings. The van der Waals surface area contributed by atoms with Gasteiger partial charge in [0.05, 0.1) is 5.69 Å². The fourth-order valence-corrected chi connectivity index (χ4v) is 2.60. The minimum Gasteiger partial charge on any atom is -0.454 e. The van der Waals surface area contributed by atoms with Gasteiger partial charge in [0.2, 0.25) is 6.79 Å². The average molecular weight is 381 g/mol. The van der Waals surface area contributed by atoms with Gasteiger partial charge in [-0.15, -0.1) is 10.2 Å². The Morgan fingerprint density at radius 2 is 2.00 bits per heavy atom. The Morgan fingerprint density at radius 3 is 2.79 bits per heavy atom. The summed E-state index contributed by atoms with van der Waals surface area (Å²) in [4.78, 5) is 12.0. The lowest BCUT2D eigenvalue weighted by atomic mass is 10.3. The van der Waals surface area contributed by atoms with Gasteiger partial charge in [-0.2, -0.15) is 5.10 Å². The van der Waals surface area contributed by atoms with E-state index in [0.29, 0.717) is 41.9 Å². The lowest BCUT2D eigenvalue weighted by Crippen LogP contribution is -2.32. The molecule has 28 heavy (non-hydrogen) atoms. The van der Waals surface area contributed by atoms with Crippen LogP contribution in [0.2, 0.25) is 0 Å². The number of benzene rings is 1. The zero-order chi connectivity index (χ0) is 19.3. The minimum absolute atomic E-state index is 0.197. The predicted molar refractivity (Wildman–Crippen MR) is 102 cm³/mol. The number of hydrogen-bond acceptors (Lipinski definition) is 7. The van der Waals surface area contributed by atoms with Crippen LogP contribution in [0.3, 0.4) is 0 Å². The molecule has 3 heterocycles. The van der Waals surface area contributed by atoms with E-state index in [1.807, 2.05) is 31.3 Å². The van der Waals surface area contributed by atoms with E-state index < -0.39 is 0 Å². The summed E-state index contributed by atoms with van der Waals surface area (Å²) in [6, 6.07) is 10.5. The van der Waals surface area contributed by atoms with E-state index in [1.54, 1.807) is 22.9 Å². The summed E-state index contributed by atoms with van der Waals surface area (Å²) in [5.41, 5.74) is 1.54. The number of nitrogens with one attached hydrogen (secondary N) is 3. The summed E-state index contributed by atoms with van der Waals surface area (Å²) in [6.45, 7) is 3.03. The summed E-state index contributed by atoms with van der Waals surface area (Å²) < 4.78 is 12.2. The smallest absolute Gasteiger partial charge is 0.319 e. The van der Waals surface area contributed by atoms with Crippen molar-refractivity contribution in [1.29, 1.82) is 0 Å². The van der Waals surface area contributed by atoms with Gasteiger partial charge in [-0.3, -0.25) is 0 Å². The number of hydrogen-bond donors (Lipinski definition) is 3. The SMILES string of the molecule is Cc1ccn(-c2ccc(NCCNC(=O)Nc3ccc4c(c3)OCO4)nn2)n1. The number of nitrogens with zero attached hydrogens (tertiary/aromatic N) is 4. The maximum Gasteiger partial charge on any atom is 0.319 e. The van der Waals surface area contributed by atoms with Crippen molar-refractivity contribution in [2.75, 3.05) is 30.5 Å². The lowest BCUT2D eigenvalue weighted by molar-refractivity contribution is 0.174. The Bertz CT molecular complexity index is 972. The van der Waals surface area contributed by atoms with Gasteiger partial charge in [0.1, 0.15) is 5.82 Å². The topological polar surface area (TPSA) is 115 Å². The van der Waals surface area contributed by atoms with Crippen LogP contribution in [-0.4, -0.2) is 45.9 Å². The van der Waals surface area contributed by atoms with E-state index in [9.17, 15) is 4.79 Å². The van der Waals surface area contributed by atoms with Crippen molar-refractivity contribution >= 4 is 17.5 Å². The van der Waals surface area contributed by atoms with Crippen LogP contribution in [0.4, 0.5) is 16.3 Å². The first-order valence-electron chi connectivity index (χ1n) is 8.72. The predicted octanol–water partition coefficient (Wildman–Crippen LogP) is 1.93. The monoisotopic (exact) mass is 381 g/mol. The molecule has 3 aromatic rings. The number of aryl methyl sites for hydroxylation is 1. The van der Waals surface area contributed by atoms with Gasteiger partial charge >= 0.3 is 6.03 Å². The standard InChI is InChI=1S/C18H19N7O3/c1-12-6-9-25(24-12)17-5-4-16(22-23-17)19-7-8-20-18(26)21-13-2-3-14-15(10-13)28-11-27-14/h2-6,9-10H,7-8,11H2,1H3,(H,19,22)(H2,20,21,26). The first kappa shape index (κ1) is 17.6. The Labute approximate surface area is 160 Å². The minimum atomic E-state index is -0.309. The van der Waals surface area contributed by atoms with Crippen molar-refractivity contribution in [3.63, 3.8) is 0 Å². The third-order valence-electron chi connectivity index (χ3n) is 3.95. The Kier molecular flexibility index (Phi) is 4.91. The van der Waals surface area contributed by atoms with Crippen LogP contribution < -0.4 is 25.4 Å². The molecule has 0 saturated heterocycles. The largest absolute Gasteiger partial charge is 0.454 e. The molecule has 0 fully saturated rings. The van der Waals surface area contributed by atoms with Gasteiger partial charge in [-0.05, 0) is 37.3 Å². The molecule has 0 radical (unpaired) electrons. The second-order valence-corrected chi connectivity index (χ2v) is 6.05. The molecule has 144 valence electrons. The number of carbonyl (C=O) groups excluding carboxylic acids is 1. The highest BCUT2D eigenvalue weighted by Crippen LogP contribution is 2.34. The molecule has 0 saturated carbocycles. The van der Waals surface area contributed by atoms with Gasteiger partial charge in [-0.1, -0.05) is 0 Å². The second-order valence-electron chi connectivity index (χ2n) is 6.05. The van der Waals surface area contributed by atoms with Crippen molar-refractivity contribution in [3.05, 3.63) is 48.3 Å². The molecule has 0 unspecified atom stereocenters. The summed E-state index contributed by atoms with van der Waals surface area (Å²) in [5.74, 6) is 2.54. The number of amides is 2. The van der Waals surface area contributed by atoms with Crippen LogP contribution in [0.5, 0.6) is 11.5 Å². The Balaban J connectivity index is 1.20. The Hall–Kier alpha value is -3.82. The van der Waals surface area contributed by atoms with Crippen molar-refractivity contribution < 1.29 is 14.3 Å². The van der Waals surface area contributed by atoms with Crippen LogP contribution in [0.15, 0.2) is 42.6 Å². The van der Waals surface area contributed by atoms with Crippen LogP contribution in [-0.2, 0) is 0 Å². The number of carbonyl (C=O) groups is 1. The first-order chi connectivity index (χ1) is 13.7. The van der Waals surface area contributed by atoms with E-state index in [-0.39, 0.29) is 12.8 Å². The van der Waals surface area contributed by atoms with Gasteiger partial charge in [0, 0.05) is 31.0 Å². The average Bonchev–Trinajstić information content (AvgIpc) is 3.34. The number of aromatic nitrogens is 4. The van der Waals surface area contributed by atoms with Crippen LogP contribution >= 0.6 is 0 Å². The van der Waals surface area contributed by atoms with Crippen molar-refractivity contribution in [1.82, 2.24) is 25.3 Å². The number of fused-ring (bicyclic) bond motifs is 1. The van der Waals surface area contributed by atoms with Crippen molar-refractivity contribution in [2.24, 2.45) is 0 Å². The first-order valence-corrected chi connectivity index (χ1v) is 8.72. The molecule has 10 nitrogen and oxygen atoms in total. The number of rotatable bonds is 6. The second kappa shape index (κ2) is 7.82. The number of urea groups is 1. The summed E-state index contributed by atoms with van der Waals surface area (Å²) in [6.07, 6.45) is 1.83. The van der Waals surface area contributed by atoms with Crippen molar-refractivity contribution in [2.45, 2.75) is 6.92 Å². The van der Waals surface area contributed by atoms with E-state index >= 15 is 0 Å². The van der Waals surface area contributed by atoms with Crippen LogP contribution in [0.1, 0.15) is 5.69 Å². The molecular weight excluding hydrogens is 362 g/mol. The van der Waals surface area contributed by atoms with Gasteiger partial charge in [0.15, 0.2) is 17.3 Å². The zero-order valence-corrected chi connectivity index (χ0v) is 15.2. The third-order valence-corrected chi connectivity index (χ3v) is 3.95. The molecule has 0 aliphatic carbocycles. The maximum atomic E-state index is 12.0.